The molecule has 5 N–H and O–H groups in total. The van der Waals surface area contributed by atoms with Crippen LogP contribution in [0.2, 0.25) is 0 Å². The van der Waals surface area contributed by atoms with E-state index in [-0.39, 0.29) is 23.5 Å². The number of hydrogen-bond acceptors (Lipinski definition) is 10. The maximum absolute atomic E-state index is 11.5. The first kappa shape index (κ1) is 18.8. The average molecular weight is 390 g/mol. The van der Waals surface area contributed by atoms with E-state index in [4.69, 9.17) is 10.3 Å². The quantitative estimate of drug-likeness (QED) is 0.491. The minimum atomic E-state index is -4.70. The Morgan fingerprint density at radius 2 is 1.68 bits per heavy atom. The lowest BCUT2D eigenvalue weighted by Gasteiger charge is -2.14. The van der Waals surface area contributed by atoms with Gasteiger partial charge in [0.2, 0.25) is 17.8 Å². The summed E-state index contributed by atoms with van der Waals surface area (Å²) < 4.78 is 63.8. The van der Waals surface area contributed by atoms with Crippen LogP contribution in [-0.2, 0) is 20.2 Å². The second kappa shape index (κ2) is 6.40. The molecule has 0 saturated carbocycles. The van der Waals surface area contributed by atoms with Gasteiger partial charge in [0.1, 0.15) is 4.90 Å². The molecule has 0 unspecified atom stereocenters. The molecule has 0 bridgehead atoms. The van der Waals surface area contributed by atoms with Crippen molar-refractivity contribution in [3.05, 3.63) is 18.2 Å². The highest BCUT2D eigenvalue weighted by atomic mass is 32.2. The van der Waals surface area contributed by atoms with E-state index in [2.05, 4.69) is 20.3 Å². The van der Waals surface area contributed by atoms with Crippen LogP contribution in [0.5, 0.6) is 0 Å². The zero-order valence-electron chi connectivity index (χ0n) is 12.9. The van der Waals surface area contributed by atoms with Gasteiger partial charge in [-0.1, -0.05) is 0 Å². The SMILES string of the molecule is CN(C)c1nc(N)nc(Nc2cc(S(=O)(=O)O)ccc2S(=O)(=O)O)n1. The largest absolute Gasteiger partial charge is 0.368 e. The van der Waals surface area contributed by atoms with Crippen LogP contribution in [0, 0.1) is 0 Å². The van der Waals surface area contributed by atoms with E-state index in [1.54, 1.807) is 14.1 Å². The van der Waals surface area contributed by atoms with Crippen molar-refractivity contribution >= 4 is 43.8 Å². The second-order valence-corrected chi connectivity index (χ2v) is 7.76. The number of anilines is 4. The van der Waals surface area contributed by atoms with Crippen LogP contribution in [0.4, 0.5) is 23.5 Å². The van der Waals surface area contributed by atoms with Crippen LogP contribution in [0.3, 0.4) is 0 Å². The fourth-order valence-electron chi connectivity index (χ4n) is 1.75. The molecule has 2 rings (SSSR count). The highest BCUT2D eigenvalue weighted by molar-refractivity contribution is 7.86. The Labute approximate surface area is 143 Å². The van der Waals surface area contributed by atoms with Gasteiger partial charge in [-0.25, -0.2) is 0 Å². The van der Waals surface area contributed by atoms with Crippen LogP contribution in [0.25, 0.3) is 0 Å². The van der Waals surface area contributed by atoms with E-state index in [1.807, 2.05) is 0 Å². The highest BCUT2D eigenvalue weighted by Crippen LogP contribution is 2.27. The molecule has 0 aliphatic carbocycles. The first-order valence-electron chi connectivity index (χ1n) is 6.43. The van der Waals surface area contributed by atoms with Gasteiger partial charge in [0.25, 0.3) is 20.2 Å². The molecule has 0 spiro atoms. The standard InChI is InChI=1S/C11H14N6O6S2/c1-17(2)11-15-9(12)14-10(16-11)13-7-5-6(24(18,19)20)3-4-8(7)25(21,22)23/h3-5H,1-2H3,(H,18,19,20)(H,21,22,23)(H3,12,13,14,15,16). The van der Waals surface area contributed by atoms with Crippen molar-refractivity contribution in [1.29, 1.82) is 0 Å². The van der Waals surface area contributed by atoms with Gasteiger partial charge in [-0.2, -0.15) is 31.8 Å². The van der Waals surface area contributed by atoms with Crippen LogP contribution < -0.4 is 16.0 Å². The molecular weight excluding hydrogens is 376 g/mol. The molecule has 1 aromatic heterocycles. The van der Waals surface area contributed by atoms with Gasteiger partial charge in [0.15, 0.2) is 0 Å². The lowest BCUT2D eigenvalue weighted by Crippen LogP contribution is -2.16. The third-order valence-electron chi connectivity index (χ3n) is 2.81. The molecule has 1 heterocycles. The Bertz CT molecular complexity index is 1020. The summed E-state index contributed by atoms with van der Waals surface area (Å²) in [6.07, 6.45) is 0. The fraction of sp³-hybridized carbons (Fsp3) is 0.182. The monoisotopic (exact) mass is 390 g/mol. The molecule has 14 heteroatoms. The lowest BCUT2D eigenvalue weighted by molar-refractivity contribution is 0.479. The zero-order valence-corrected chi connectivity index (χ0v) is 14.6. The number of benzene rings is 1. The molecule has 2 aromatic rings. The van der Waals surface area contributed by atoms with E-state index < -0.39 is 30.0 Å². The Morgan fingerprint density at radius 1 is 1.04 bits per heavy atom. The topological polar surface area (TPSA) is 189 Å². The molecule has 0 amide bonds. The average Bonchev–Trinajstić information content (AvgIpc) is 2.44. The number of nitrogens with zero attached hydrogens (tertiary/aromatic N) is 4. The van der Waals surface area contributed by atoms with E-state index in [0.717, 1.165) is 18.2 Å². The summed E-state index contributed by atoms with van der Waals surface area (Å²) in [5.74, 6) is -0.233. The van der Waals surface area contributed by atoms with Crippen LogP contribution in [-0.4, -0.2) is 55.0 Å². The van der Waals surface area contributed by atoms with Gasteiger partial charge in [0.05, 0.1) is 10.6 Å². The van der Waals surface area contributed by atoms with Crippen molar-refractivity contribution in [2.45, 2.75) is 9.79 Å². The zero-order chi connectivity index (χ0) is 19.0. The summed E-state index contributed by atoms with van der Waals surface area (Å²) in [6, 6.07) is 2.42. The minimum Gasteiger partial charge on any atom is -0.368 e. The molecule has 136 valence electrons. The Hall–Kier alpha value is -2.55. The molecule has 0 aliphatic rings. The van der Waals surface area contributed by atoms with Crippen LogP contribution in [0.15, 0.2) is 28.0 Å². The van der Waals surface area contributed by atoms with E-state index in [1.165, 1.54) is 4.90 Å². The minimum absolute atomic E-state index is 0.148. The molecule has 0 saturated heterocycles. The second-order valence-electron chi connectivity index (χ2n) is 4.94. The molecule has 1 aromatic carbocycles. The van der Waals surface area contributed by atoms with E-state index >= 15 is 0 Å². The number of aromatic nitrogens is 3. The number of rotatable bonds is 5. The third kappa shape index (κ3) is 4.50. The van der Waals surface area contributed by atoms with Crippen molar-refractivity contribution < 1.29 is 25.9 Å². The molecule has 12 nitrogen and oxygen atoms in total. The molecule has 25 heavy (non-hydrogen) atoms. The Kier molecular flexibility index (Phi) is 4.81. The fourth-order valence-corrected chi connectivity index (χ4v) is 2.88. The maximum Gasteiger partial charge on any atom is 0.296 e. The van der Waals surface area contributed by atoms with Gasteiger partial charge in [-0.05, 0) is 18.2 Å². The van der Waals surface area contributed by atoms with Gasteiger partial charge < -0.3 is 16.0 Å². The molecule has 0 radical (unpaired) electrons. The summed E-state index contributed by atoms with van der Waals surface area (Å²) in [7, 11) is -6.06. The summed E-state index contributed by atoms with van der Waals surface area (Å²) in [5, 5.41) is 2.44. The number of nitrogens with one attached hydrogen (secondary N) is 1. The molecule has 0 aliphatic heterocycles. The predicted octanol–water partition coefficient (Wildman–Crippen LogP) is -0.243. The first-order chi connectivity index (χ1) is 11.4. The number of nitrogen functional groups attached to an aromatic ring is 1. The normalized spacial score (nSPS) is 12.0. The van der Waals surface area contributed by atoms with Crippen LogP contribution in [0.1, 0.15) is 0 Å². The summed E-state index contributed by atoms with van der Waals surface area (Å²) >= 11 is 0. The van der Waals surface area contributed by atoms with Crippen molar-refractivity contribution in [3.8, 4) is 0 Å². The smallest absolute Gasteiger partial charge is 0.296 e. The number of nitrogens with two attached hydrogens (primary N) is 1. The van der Waals surface area contributed by atoms with Gasteiger partial charge in [-0.15, -0.1) is 0 Å². The Morgan fingerprint density at radius 3 is 2.20 bits per heavy atom. The first-order valence-corrected chi connectivity index (χ1v) is 9.31. The van der Waals surface area contributed by atoms with E-state index in [9.17, 15) is 21.4 Å². The van der Waals surface area contributed by atoms with Crippen molar-refractivity contribution in [1.82, 2.24) is 15.0 Å². The van der Waals surface area contributed by atoms with Crippen molar-refractivity contribution in [3.63, 3.8) is 0 Å². The number of hydrogen-bond donors (Lipinski definition) is 4. The molecular formula is C11H14N6O6S2. The van der Waals surface area contributed by atoms with Crippen molar-refractivity contribution in [2.75, 3.05) is 30.0 Å². The predicted molar refractivity (Wildman–Crippen MR) is 87.9 cm³/mol. The molecule has 0 fully saturated rings. The third-order valence-corrected chi connectivity index (χ3v) is 4.58. The summed E-state index contributed by atoms with van der Waals surface area (Å²) in [6.45, 7) is 0. The van der Waals surface area contributed by atoms with Gasteiger partial charge in [-0.3, -0.25) is 9.11 Å². The Balaban J connectivity index is 2.61. The maximum atomic E-state index is 11.5. The van der Waals surface area contributed by atoms with Crippen molar-refractivity contribution in [2.24, 2.45) is 0 Å². The van der Waals surface area contributed by atoms with Gasteiger partial charge >= 0.3 is 0 Å². The lowest BCUT2D eigenvalue weighted by atomic mass is 10.3. The van der Waals surface area contributed by atoms with Crippen LogP contribution >= 0.6 is 0 Å². The van der Waals surface area contributed by atoms with E-state index in [0.29, 0.717) is 0 Å². The summed E-state index contributed by atoms with van der Waals surface area (Å²) in [5.41, 5.74) is 5.16. The summed E-state index contributed by atoms with van der Waals surface area (Å²) in [4.78, 5) is 11.8. The van der Waals surface area contributed by atoms with Gasteiger partial charge in [0, 0.05) is 14.1 Å². The highest BCUT2D eigenvalue weighted by Gasteiger charge is 2.21. The molecule has 0 atom stereocenters.